The van der Waals surface area contributed by atoms with Crippen molar-refractivity contribution in [2.45, 2.75) is 470 Å². The minimum absolute atomic E-state index is 0.108. The van der Waals surface area contributed by atoms with E-state index in [2.05, 4.69) is 34.6 Å². The molecule has 0 aromatic carbocycles. The van der Waals surface area contributed by atoms with Gasteiger partial charge in [0.05, 0.1) is 26.4 Å². The molecular formula is C84H164O17P2. The molecule has 5 atom stereocenters. The van der Waals surface area contributed by atoms with Crippen molar-refractivity contribution in [2.75, 3.05) is 39.6 Å². The third-order valence-electron chi connectivity index (χ3n) is 19.8. The van der Waals surface area contributed by atoms with E-state index >= 15 is 0 Å². The van der Waals surface area contributed by atoms with Gasteiger partial charge in [-0.05, 0) is 31.6 Å². The Hall–Kier alpha value is -1.94. The SMILES string of the molecule is CCCCCCCCCCCCCCCCCCCCCC(=O)O[C@H](COC(=O)CCCCCCCCCCCCCCCCCCC)COP(=O)(O)OC[C@@H](O)COP(=O)(O)OC[C@@H](COC(=O)CCCCCCCCCCCCCC)OC(=O)CCCCCCCCCCCCCCC(C)C. The van der Waals surface area contributed by atoms with Crippen LogP contribution in [0.3, 0.4) is 0 Å². The summed E-state index contributed by atoms with van der Waals surface area (Å²) in [7, 11) is -9.92. The second-order valence-electron chi connectivity index (χ2n) is 30.7. The number of carbonyl (C=O) groups excluding carboxylic acids is 4. The van der Waals surface area contributed by atoms with Crippen molar-refractivity contribution < 1.29 is 80.2 Å². The summed E-state index contributed by atoms with van der Waals surface area (Å²) in [5, 5.41) is 10.7. The molecule has 2 unspecified atom stereocenters. The Bertz CT molecular complexity index is 1960. The molecule has 17 nitrogen and oxygen atoms in total. The second-order valence-corrected chi connectivity index (χ2v) is 33.6. The first-order chi connectivity index (χ1) is 50.0. The van der Waals surface area contributed by atoms with Crippen molar-refractivity contribution >= 4 is 39.5 Å². The predicted molar refractivity (Wildman–Crippen MR) is 423 cm³/mol. The zero-order valence-corrected chi connectivity index (χ0v) is 69.3. The summed E-state index contributed by atoms with van der Waals surface area (Å²) in [6.45, 7) is 7.37. The van der Waals surface area contributed by atoms with Crippen molar-refractivity contribution in [2.24, 2.45) is 5.92 Å². The van der Waals surface area contributed by atoms with Crippen LogP contribution in [0.25, 0.3) is 0 Å². The van der Waals surface area contributed by atoms with E-state index in [4.69, 9.17) is 37.0 Å². The number of phosphoric acid groups is 2. The van der Waals surface area contributed by atoms with Crippen LogP contribution in [0.5, 0.6) is 0 Å². The Morgan fingerprint density at radius 1 is 0.262 bits per heavy atom. The van der Waals surface area contributed by atoms with Gasteiger partial charge in [0.15, 0.2) is 12.2 Å². The van der Waals surface area contributed by atoms with Gasteiger partial charge in [-0.2, -0.15) is 0 Å². The summed E-state index contributed by atoms with van der Waals surface area (Å²) < 4.78 is 68.9. The van der Waals surface area contributed by atoms with Crippen LogP contribution >= 0.6 is 15.6 Å². The standard InChI is InChI=1S/C84H164O17P2/c1-6-9-12-15-18-21-24-27-29-31-32-34-36-38-44-49-54-59-64-69-83(88)100-80(74-95-82(87)68-63-58-53-48-43-37-35-33-30-28-25-22-19-16-13-10-7-2)76-99-103(92,93)97-72-78(85)71-96-102(90,91)98-75-79(73-94-81(86)67-62-57-52-47-42-26-23-20-17-14-11-8-3)101-84(89)70-65-60-55-50-45-40-39-41-46-51-56-61-66-77(4)5/h77-80,85H,6-76H2,1-5H3,(H,90,91)(H,92,93)/t78-,79+,80+/m0/s1. The molecule has 0 saturated heterocycles. The maximum Gasteiger partial charge on any atom is 0.472 e. The second kappa shape index (κ2) is 76.8. The smallest absolute Gasteiger partial charge is 0.462 e. The van der Waals surface area contributed by atoms with Gasteiger partial charge in [-0.25, -0.2) is 9.13 Å². The Morgan fingerprint density at radius 3 is 0.660 bits per heavy atom. The molecule has 0 aromatic rings. The number of aliphatic hydroxyl groups is 1. The van der Waals surface area contributed by atoms with E-state index in [1.165, 1.54) is 276 Å². The molecule has 3 N–H and O–H groups in total. The van der Waals surface area contributed by atoms with Gasteiger partial charge in [0, 0.05) is 25.7 Å². The van der Waals surface area contributed by atoms with Gasteiger partial charge in [-0.3, -0.25) is 37.3 Å². The normalized spacial score (nSPS) is 13.8. The lowest BCUT2D eigenvalue weighted by Gasteiger charge is -2.21. The molecule has 0 aromatic heterocycles. The number of aliphatic hydroxyl groups excluding tert-OH is 1. The van der Waals surface area contributed by atoms with Gasteiger partial charge in [0.25, 0.3) is 0 Å². The van der Waals surface area contributed by atoms with Crippen LogP contribution in [0, 0.1) is 5.92 Å². The molecule has 0 aliphatic carbocycles. The maximum atomic E-state index is 13.1. The van der Waals surface area contributed by atoms with Gasteiger partial charge in [0.1, 0.15) is 19.3 Å². The van der Waals surface area contributed by atoms with Gasteiger partial charge >= 0.3 is 39.5 Å². The first-order valence-electron chi connectivity index (χ1n) is 43.6. The number of hydrogen-bond acceptors (Lipinski definition) is 15. The predicted octanol–water partition coefficient (Wildman–Crippen LogP) is 25.6. The van der Waals surface area contributed by atoms with Crippen molar-refractivity contribution in [3.05, 3.63) is 0 Å². The molecule has 0 amide bonds. The van der Waals surface area contributed by atoms with Crippen molar-refractivity contribution in [3.63, 3.8) is 0 Å². The molecule has 0 heterocycles. The number of ether oxygens (including phenoxy) is 4. The van der Waals surface area contributed by atoms with Crippen molar-refractivity contribution in [3.8, 4) is 0 Å². The average Bonchev–Trinajstić information content (AvgIpc) is 0.923. The van der Waals surface area contributed by atoms with Crippen LogP contribution in [-0.4, -0.2) is 96.7 Å². The van der Waals surface area contributed by atoms with Crippen LogP contribution in [0.2, 0.25) is 0 Å². The van der Waals surface area contributed by atoms with Gasteiger partial charge < -0.3 is 33.8 Å². The summed E-state index contributed by atoms with van der Waals surface area (Å²) in [5.74, 6) is -1.32. The van der Waals surface area contributed by atoms with Crippen molar-refractivity contribution in [1.82, 2.24) is 0 Å². The van der Waals surface area contributed by atoms with E-state index in [0.717, 1.165) is 95.8 Å². The fraction of sp³-hybridized carbons (Fsp3) is 0.952. The zero-order chi connectivity index (χ0) is 75.5. The monoisotopic (exact) mass is 1510 g/mol. The Balaban J connectivity index is 5.25. The van der Waals surface area contributed by atoms with Crippen LogP contribution < -0.4 is 0 Å². The first-order valence-corrected chi connectivity index (χ1v) is 46.6. The average molecular weight is 1510 g/mol. The summed E-state index contributed by atoms with van der Waals surface area (Å²) >= 11 is 0. The number of hydrogen-bond donors (Lipinski definition) is 3. The van der Waals surface area contributed by atoms with Crippen LogP contribution in [0.15, 0.2) is 0 Å². The highest BCUT2D eigenvalue weighted by atomic mass is 31.2. The fourth-order valence-corrected chi connectivity index (χ4v) is 14.7. The summed E-state index contributed by atoms with van der Waals surface area (Å²) in [5.41, 5.74) is 0. The molecule has 0 fully saturated rings. The van der Waals surface area contributed by atoms with Crippen LogP contribution in [0.4, 0.5) is 0 Å². The molecule has 0 radical (unpaired) electrons. The minimum atomic E-state index is -4.96. The molecule has 0 spiro atoms. The highest BCUT2D eigenvalue weighted by Crippen LogP contribution is 2.45. The lowest BCUT2D eigenvalue weighted by atomic mass is 10.0. The molecule has 0 aliphatic heterocycles. The topological polar surface area (TPSA) is 237 Å². The maximum absolute atomic E-state index is 13.1. The Labute approximate surface area is 632 Å². The van der Waals surface area contributed by atoms with E-state index in [1.807, 2.05) is 0 Å². The third kappa shape index (κ3) is 78.0. The number of unbranched alkanes of at least 4 members (excludes halogenated alkanes) is 56. The summed E-state index contributed by atoms with van der Waals surface area (Å²) in [6, 6.07) is 0. The largest absolute Gasteiger partial charge is 0.472 e. The molecule has 0 bridgehead atoms. The molecule has 0 rings (SSSR count). The summed E-state index contributed by atoms with van der Waals surface area (Å²) in [4.78, 5) is 73.2. The van der Waals surface area contributed by atoms with E-state index in [1.54, 1.807) is 0 Å². The van der Waals surface area contributed by atoms with Gasteiger partial charge in [-0.15, -0.1) is 0 Å². The van der Waals surface area contributed by atoms with Gasteiger partial charge in [0.2, 0.25) is 0 Å². The van der Waals surface area contributed by atoms with Crippen LogP contribution in [0.1, 0.15) is 452 Å². The lowest BCUT2D eigenvalue weighted by Crippen LogP contribution is -2.30. The van der Waals surface area contributed by atoms with E-state index < -0.39 is 97.5 Å². The number of phosphoric ester groups is 2. The molecule has 19 heteroatoms. The molecule has 0 saturated carbocycles. The lowest BCUT2D eigenvalue weighted by molar-refractivity contribution is -0.161. The number of rotatable bonds is 84. The molecule has 612 valence electrons. The minimum Gasteiger partial charge on any atom is -0.462 e. The highest BCUT2D eigenvalue weighted by molar-refractivity contribution is 7.47. The zero-order valence-electron chi connectivity index (χ0n) is 67.5. The van der Waals surface area contributed by atoms with Gasteiger partial charge in [-0.1, -0.05) is 401 Å². The fourth-order valence-electron chi connectivity index (χ4n) is 13.1. The van der Waals surface area contributed by atoms with Crippen molar-refractivity contribution in [1.29, 1.82) is 0 Å². The third-order valence-corrected chi connectivity index (χ3v) is 21.7. The van der Waals surface area contributed by atoms with E-state index in [0.29, 0.717) is 25.7 Å². The first kappa shape index (κ1) is 101. The van der Waals surface area contributed by atoms with Crippen LogP contribution in [-0.2, 0) is 65.4 Å². The number of carbonyl (C=O) groups is 4. The molecular weight excluding hydrogens is 1340 g/mol. The Kier molecular flexibility index (Phi) is 75.4. The quantitative estimate of drug-likeness (QED) is 0.0222. The molecule has 103 heavy (non-hydrogen) atoms. The molecule has 0 aliphatic rings. The van der Waals surface area contributed by atoms with E-state index in [-0.39, 0.29) is 25.7 Å². The number of esters is 4. The Morgan fingerprint density at radius 2 is 0.447 bits per heavy atom. The highest BCUT2D eigenvalue weighted by Gasteiger charge is 2.30. The summed E-state index contributed by atoms with van der Waals surface area (Å²) in [6.07, 6.45) is 69.3. The van der Waals surface area contributed by atoms with E-state index in [9.17, 15) is 43.2 Å².